The predicted molar refractivity (Wildman–Crippen MR) is 85.4 cm³/mol. The highest BCUT2D eigenvalue weighted by Gasteiger charge is 2.37. The van der Waals surface area contributed by atoms with Gasteiger partial charge >= 0.3 is 12.4 Å². The zero-order valence-corrected chi connectivity index (χ0v) is 15.0. The number of carbonyl (C=O) groups is 2. The van der Waals surface area contributed by atoms with Crippen molar-refractivity contribution in [3.63, 3.8) is 0 Å². The lowest BCUT2D eigenvalue weighted by Gasteiger charge is -2.35. The Morgan fingerprint density at radius 3 is 1.71 bits per heavy atom. The molecule has 1 fully saturated rings. The molecule has 1 aromatic carbocycles. The maximum absolute atomic E-state index is 12.9. The maximum Gasteiger partial charge on any atom is 0.416 e. The lowest BCUT2D eigenvalue weighted by molar-refractivity contribution is -0.144. The van der Waals surface area contributed by atoms with E-state index < -0.39 is 41.2 Å². The van der Waals surface area contributed by atoms with Crippen molar-refractivity contribution in [3.8, 4) is 5.75 Å². The number of piperazine rings is 1. The Morgan fingerprint density at radius 2 is 1.32 bits per heavy atom. The van der Waals surface area contributed by atoms with Gasteiger partial charge in [0.25, 0.3) is 5.91 Å². The molecule has 28 heavy (non-hydrogen) atoms. The van der Waals surface area contributed by atoms with Crippen LogP contribution >= 0.6 is 0 Å². The molecular weight excluding hydrogens is 394 g/mol. The number of rotatable bonds is 3. The fourth-order valence-electron chi connectivity index (χ4n) is 2.75. The predicted octanol–water partition coefficient (Wildman–Crippen LogP) is 3.18. The minimum absolute atomic E-state index is 0.0136. The molecule has 1 heterocycles. The summed E-state index contributed by atoms with van der Waals surface area (Å²) in [6.45, 7) is 3.60. The molecule has 1 unspecified atom stereocenters. The lowest BCUT2D eigenvalue weighted by atomic mass is 10.1. The van der Waals surface area contributed by atoms with Crippen molar-refractivity contribution in [2.45, 2.75) is 32.3 Å². The Labute approximate surface area is 156 Å². The molecule has 0 saturated carbocycles. The summed E-state index contributed by atoms with van der Waals surface area (Å²) in [4.78, 5) is 26.6. The number of alkyl halides is 6. The van der Waals surface area contributed by atoms with E-state index in [9.17, 15) is 35.9 Å². The van der Waals surface area contributed by atoms with Crippen LogP contribution in [0.5, 0.6) is 5.75 Å². The van der Waals surface area contributed by atoms with Gasteiger partial charge in [-0.05, 0) is 25.1 Å². The van der Waals surface area contributed by atoms with Crippen LogP contribution < -0.4 is 4.74 Å². The standard InChI is InChI=1S/C17H18F6N2O3/c1-10(15(27)25-5-3-24(4-6-25)11(2)26)28-14-8-12(16(18,19)20)7-13(9-14)17(21,22)23/h7-10H,3-6H2,1-2H3. The third kappa shape index (κ3) is 5.29. The van der Waals surface area contributed by atoms with Gasteiger partial charge in [0, 0.05) is 33.1 Å². The minimum Gasteiger partial charge on any atom is -0.481 e. The molecule has 2 amide bonds. The number of halogens is 6. The number of carbonyl (C=O) groups excluding carboxylic acids is 2. The third-order valence-electron chi connectivity index (χ3n) is 4.26. The van der Waals surface area contributed by atoms with Crippen molar-refractivity contribution in [1.29, 1.82) is 0 Å². The van der Waals surface area contributed by atoms with Gasteiger partial charge in [0.05, 0.1) is 11.1 Å². The first kappa shape index (κ1) is 21.8. The van der Waals surface area contributed by atoms with E-state index in [4.69, 9.17) is 4.74 Å². The van der Waals surface area contributed by atoms with E-state index in [1.165, 1.54) is 23.6 Å². The molecule has 5 nitrogen and oxygen atoms in total. The molecule has 0 radical (unpaired) electrons. The first-order valence-corrected chi connectivity index (χ1v) is 8.29. The van der Waals surface area contributed by atoms with Gasteiger partial charge in [0.1, 0.15) is 5.75 Å². The van der Waals surface area contributed by atoms with Gasteiger partial charge in [-0.1, -0.05) is 0 Å². The van der Waals surface area contributed by atoms with Gasteiger partial charge in [-0.15, -0.1) is 0 Å². The van der Waals surface area contributed by atoms with Crippen LogP contribution in [0.1, 0.15) is 25.0 Å². The van der Waals surface area contributed by atoms with Crippen molar-refractivity contribution in [2.24, 2.45) is 0 Å². The fourth-order valence-corrected chi connectivity index (χ4v) is 2.75. The van der Waals surface area contributed by atoms with E-state index in [-0.39, 0.29) is 38.2 Å². The molecule has 2 rings (SSSR count). The first-order valence-electron chi connectivity index (χ1n) is 8.29. The Kier molecular flexibility index (Phi) is 6.15. The zero-order valence-electron chi connectivity index (χ0n) is 15.0. The van der Waals surface area contributed by atoms with Crippen molar-refractivity contribution in [2.75, 3.05) is 26.2 Å². The maximum atomic E-state index is 12.9. The van der Waals surface area contributed by atoms with E-state index in [0.717, 1.165) is 0 Å². The Balaban J connectivity index is 2.15. The summed E-state index contributed by atoms with van der Waals surface area (Å²) >= 11 is 0. The molecule has 1 aliphatic rings. The van der Waals surface area contributed by atoms with E-state index in [1.807, 2.05) is 0 Å². The van der Waals surface area contributed by atoms with Crippen LogP contribution in [0.4, 0.5) is 26.3 Å². The van der Waals surface area contributed by atoms with Crippen LogP contribution in [0.15, 0.2) is 18.2 Å². The smallest absolute Gasteiger partial charge is 0.416 e. The summed E-state index contributed by atoms with van der Waals surface area (Å²) in [5, 5.41) is 0. The van der Waals surface area contributed by atoms with Crippen molar-refractivity contribution >= 4 is 11.8 Å². The average Bonchev–Trinajstić information content (AvgIpc) is 2.59. The Bertz CT molecular complexity index is 707. The SMILES string of the molecule is CC(=O)N1CCN(C(=O)C(C)Oc2cc(C(F)(F)F)cc(C(F)(F)F)c2)CC1. The van der Waals surface area contributed by atoms with Gasteiger partial charge in [-0.3, -0.25) is 9.59 Å². The average molecular weight is 412 g/mol. The molecule has 11 heteroatoms. The van der Waals surface area contributed by atoms with Crippen LogP contribution in [0.3, 0.4) is 0 Å². The zero-order chi connectivity index (χ0) is 21.3. The summed E-state index contributed by atoms with van der Waals surface area (Å²) in [5.74, 6) is -1.44. The van der Waals surface area contributed by atoms with Crippen molar-refractivity contribution in [1.82, 2.24) is 9.80 Å². The molecule has 0 N–H and O–H groups in total. The van der Waals surface area contributed by atoms with Gasteiger partial charge in [-0.25, -0.2) is 0 Å². The molecule has 0 spiro atoms. The normalized spacial score (nSPS) is 16.7. The van der Waals surface area contributed by atoms with Crippen LogP contribution in [0, 0.1) is 0 Å². The minimum atomic E-state index is -5.00. The highest BCUT2D eigenvalue weighted by Crippen LogP contribution is 2.38. The molecule has 1 atom stereocenters. The second kappa shape index (κ2) is 7.88. The number of nitrogens with zero attached hydrogens (tertiary/aromatic N) is 2. The number of benzene rings is 1. The number of hydrogen-bond acceptors (Lipinski definition) is 3. The molecule has 0 aliphatic carbocycles. The number of hydrogen-bond donors (Lipinski definition) is 0. The molecule has 1 saturated heterocycles. The highest BCUT2D eigenvalue weighted by molar-refractivity contribution is 5.81. The van der Waals surface area contributed by atoms with E-state index in [1.54, 1.807) is 0 Å². The molecule has 1 aliphatic heterocycles. The van der Waals surface area contributed by atoms with Gasteiger partial charge in [-0.2, -0.15) is 26.3 Å². The second-order valence-corrected chi connectivity index (χ2v) is 6.33. The molecule has 1 aromatic rings. The largest absolute Gasteiger partial charge is 0.481 e. The number of amides is 2. The highest BCUT2D eigenvalue weighted by atomic mass is 19.4. The van der Waals surface area contributed by atoms with Crippen molar-refractivity contribution in [3.05, 3.63) is 29.3 Å². The van der Waals surface area contributed by atoms with Gasteiger partial charge < -0.3 is 14.5 Å². The molecule has 156 valence electrons. The Hall–Kier alpha value is -2.46. The summed E-state index contributed by atoms with van der Waals surface area (Å²) in [6.07, 6.45) is -11.3. The van der Waals surface area contributed by atoms with Crippen LogP contribution in [-0.2, 0) is 21.9 Å². The quantitative estimate of drug-likeness (QED) is 0.717. The second-order valence-electron chi connectivity index (χ2n) is 6.33. The van der Waals surface area contributed by atoms with Gasteiger partial charge in [0.15, 0.2) is 6.10 Å². The van der Waals surface area contributed by atoms with Crippen LogP contribution in [0.2, 0.25) is 0 Å². The summed E-state index contributed by atoms with van der Waals surface area (Å²) in [6, 6.07) is 0.833. The third-order valence-corrected chi connectivity index (χ3v) is 4.26. The summed E-state index contributed by atoms with van der Waals surface area (Å²) in [7, 11) is 0. The molecular formula is C17H18F6N2O3. The first-order chi connectivity index (χ1) is 12.8. The van der Waals surface area contributed by atoms with Crippen LogP contribution in [0.25, 0.3) is 0 Å². The van der Waals surface area contributed by atoms with E-state index in [0.29, 0.717) is 12.1 Å². The number of ether oxygens (including phenoxy) is 1. The monoisotopic (exact) mass is 412 g/mol. The van der Waals surface area contributed by atoms with E-state index >= 15 is 0 Å². The topological polar surface area (TPSA) is 49.9 Å². The molecule has 0 bridgehead atoms. The molecule has 0 aromatic heterocycles. The van der Waals surface area contributed by atoms with Crippen LogP contribution in [-0.4, -0.2) is 53.9 Å². The Morgan fingerprint density at radius 1 is 0.893 bits per heavy atom. The fraction of sp³-hybridized carbons (Fsp3) is 0.529. The van der Waals surface area contributed by atoms with Crippen molar-refractivity contribution < 1.29 is 40.7 Å². The lowest BCUT2D eigenvalue weighted by Crippen LogP contribution is -2.52. The summed E-state index contributed by atoms with van der Waals surface area (Å²) < 4.78 is 82.5. The van der Waals surface area contributed by atoms with E-state index in [2.05, 4.69) is 0 Å². The summed E-state index contributed by atoms with van der Waals surface area (Å²) in [5.41, 5.74) is -3.04. The van der Waals surface area contributed by atoms with Gasteiger partial charge in [0.2, 0.25) is 5.91 Å².